The van der Waals surface area contributed by atoms with Gasteiger partial charge in [0.25, 0.3) is 0 Å². The fourth-order valence-corrected chi connectivity index (χ4v) is 2.52. The van der Waals surface area contributed by atoms with Crippen LogP contribution >= 0.6 is 0 Å². The van der Waals surface area contributed by atoms with E-state index in [1.54, 1.807) is 7.05 Å². The minimum atomic E-state index is 0.615. The van der Waals surface area contributed by atoms with E-state index in [-0.39, 0.29) is 0 Å². The summed E-state index contributed by atoms with van der Waals surface area (Å²) in [6, 6.07) is 10.3. The standard InChI is InChI=1S/C20H30N4O2/c1-3-4-12-25-14-15-26-13-11-23-20(21-2)24-16-19-18-8-6-5-7-17(18)9-10-22-19/h5-10H,3-4,11-16H2,1-2H3,(H2,21,23,24). The lowest BCUT2D eigenvalue weighted by Crippen LogP contribution is -2.38. The van der Waals surface area contributed by atoms with Crippen molar-refractivity contribution < 1.29 is 9.47 Å². The predicted octanol–water partition coefficient (Wildman–Crippen LogP) is 2.73. The zero-order valence-electron chi connectivity index (χ0n) is 15.8. The maximum Gasteiger partial charge on any atom is 0.191 e. The van der Waals surface area contributed by atoms with Crippen LogP contribution in [0.15, 0.2) is 41.5 Å². The highest BCUT2D eigenvalue weighted by Crippen LogP contribution is 2.15. The van der Waals surface area contributed by atoms with Crippen molar-refractivity contribution >= 4 is 16.7 Å². The van der Waals surface area contributed by atoms with E-state index < -0.39 is 0 Å². The first kappa shape index (κ1) is 20.1. The Kier molecular flexibility index (Phi) is 9.46. The largest absolute Gasteiger partial charge is 0.379 e. The number of hydrogen-bond acceptors (Lipinski definition) is 4. The van der Waals surface area contributed by atoms with Gasteiger partial charge in [0.05, 0.1) is 32.1 Å². The maximum absolute atomic E-state index is 5.55. The van der Waals surface area contributed by atoms with Crippen molar-refractivity contribution in [3.8, 4) is 0 Å². The van der Waals surface area contributed by atoms with Crippen LogP contribution in [0.4, 0.5) is 0 Å². The van der Waals surface area contributed by atoms with Gasteiger partial charge >= 0.3 is 0 Å². The average Bonchev–Trinajstić information content (AvgIpc) is 2.69. The minimum Gasteiger partial charge on any atom is -0.379 e. The normalized spacial score (nSPS) is 11.7. The number of guanidine groups is 1. The number of pyridine rings is 1. The number of ether oxygens (including phenoxy) is 2. The molecule has 1 aromatic carbocycles. The number of nitrogens with zero attached hydrogens (tertiary/aromatic N) is 2. The predicted molar refractivity (Wildman–Crippen MR) is 106 cm³/mol. The van der Waals surface area contributed by atoms with Gasteiger partial charge in [-0.3, -0.25) is 9.98 Å². The summed E-state index contributed by atoms with van der Waals surface area (Å²) in [6.07, 6.45) is 4.10. The monoisotopic (exact) mass is 358 g/mol. The first-order chi connectivity index (χ1) is 12.8. The lowest BCUT2D eigenvalue weighted by atomic mass is 10.1. The zero-order valence-corrected chi connectivity index (χ0v) is 15.8. The molecule has 1 heterocycles. The maximum atomic E-state index is 5.55. The Morgan fingerprint density at radius 2 is 1.85 bits per heavy atom. The quantitative estimate of drug-likeness (QED) is 0.367. The number of nitrogens with one attached hydrogen (secondary N) is 2. The van der Waals surface area contributed by atoms with Crippen LogP contribution < -0.4 is 10.6 Å². The highest BCUT2D eigenvalue weighted by molar-refractivity contribution is 5.85. The molecule has 0 aliphatic carbocycles. The molecule has 0 atom stereocenters. The third-order valence-electron chi connectivity index (χ3n) is 3.96. The van der Waals surface area contributed by atoms with Gasteiger partial charge in [-0.15, -0.1) is 0 Å². The molecule has 0 spiro atoms. The lowest BCUT2D eigenvalue weighted by Gasteiger charge is -2.13. The van der Waals surface area contributed by atoms with E-state index in [0.29, 0.717) is 32.9 Å². The van der Waals surface area contributed by atoms with E-state index in [2.05, 4.69) is 39.7 Å². The highest BCUT2D eigenvalue weighted by atomic mass is 16.5. The van der Waals surface area contributed by atoms with Gasteiger partial charge in [-0.25, -0.2) is 0 Å². The molecule has 0 unspecified atom stereocenters. The smallest absolute Gasteiger partial charge is 0.191 e. The van der Waals surface area contributed by atoms with Crippen LogP contribution in [0.25, 0.3) is 10.8 Å². The molecule has 0 fully saturated rings. The summed E-state index contributed by atoms with van der Waals surface area (Å²) in [7, 11) is 1.76. The fourth-order valence-electron chi connectivity index (χ4n) is 2.52. The summed E-state index contributed by atoms with van der Waals surface area (Å²) in [4.78, 5) is 8.72. The lowest BCUT2D eigenvalue weighted by molar-refractivity contribution is 0.0487. The van der Waals surface area contributed by atoms with Gasteiger partial charge in [-0.05, 0) is 17.9 Å². The molecule has 0 saturated carbocycles. The Morgan fingerprint density at radius 3 is 2.65 bits per heavy atom. The summed E-state index contributed by atoms with van der Waals surface area (Å²) < 4.78 is 11.0. The summed E-state index contributed by atoms with van der Waals surface area (Å²) >= 11 is 0. The Labute approximate surface area is 156 Å². The van der Waals surface area contributed by atoms with E-state index >= 15 is 0 Å². The van der Waals surface area contributed by atoms with Crippen LogP contribution in [0.5, 0.6) is 0 Å². The van der Waals surface area contributed by atoms with E-state index in [9.17, 15) is 0 Å². The minimum absolute atomic E-state index is 0.615. The molecule has 0 bridgehead atoms. The van der Waals surface area contributed by atoms with Gasteiger partial charge in [0.15, 0.2) is 5.96 Å². The Balaban J connectivity index is 1.65. The summed E-state index contributed by atoms with van der Waals surface area (Å²) in [6.45, 7) is 6.17. The molecule has 6 nitrogen and oxygen atoms in total. The average molecular weight is 358 g/mol. The van der Waals surface area contributed by atoms with Crippen LogP contribution in [0.3, 0.4) is 0 Å². The molecule has 0 radical (unpaired) electrons. The molecule has 142 valence electrons. The van der Waals surface area contributed by atoms with Crippen molar-refractivity contribution in [2.24, 2.45) is 4.99 Å². The van der Waals surface area contributed by atoms with Crippen molar-refractivity contribution in [1.82, 2.24) is 15.6 Å². The molecule has 1 aromatic heterocycles. The third kappa shape index (κ3) is 6.98. The summed E-state index contributed by atoms with van der Waals surface area (Å²) in [5.41, 5.74) is 1.01. The molecule has 0 aliphatic rings. The van der Waals surface area contributed by atoms with E-state index in [4.69, 9.17) is 9.47 Å². The Hall–Kier alpha value is -2.18. The molecule has 0 saturated heterocycles. The number of fused-ring (bicyclic) bond motifs is 1. The van der Waals surface area contributed by atoms with Crippen LogP contribution in [0.2, 0.25) is 0 Å². The number of rotatable bonds is 11. The molecule has 2 rings (SSSR count). The Morgan fingerprint density at radius 1 is 1.04 bits per heavy atom. The van der Waals surface area contributed by atoms with E-state index in [1.807, 2.05) is 24.4 Å². The van der Waals surface area contributed by atoms with Gasteiger partial charge in [0, 0.05) is 31.8 Å². The van der Waals surface area contributed by atoms with Crippen molar-refractivity contribution in [2.45, 2.75) is 26.3 Å². The van der Waals surface area contributed by atoms with Gasteiger partial charge in [-0.2, -0.15) is 0 Å². The number of benzene rings is 1. The zero-order chi connectivity index (χ0) is 18.5. The number of hydrogen-bond donors (Lipinski definition) is 2. The number of unbranched alkanes of at least 4 members (excludes halogenated alkanes) is 1. The highest BCUT2D eigenvalue weighted by Gasteiger charge is 2.03. The van der Waals surface area contributed by atoms with Crippen LogP contribution in [0.1, 0.15) is 25.5 Å². The first-order valence-electron chi connectivity index (χ1n) is 9.27. The molecule has 26 heavy (non-hydrogen) atoms. The number of aliphatic imine (C=N–C) groups is 1. The van der Waals surface area contributed by atoms with Crippen molar-refractivity contribution in [2.75, 3.05) is 40.0 Å². The SMILES string of the molecule is CCCCOCCOCCNC(=NC)NCc1nccc2ccccc12. The van der Waals surface area contributed by atoms with E-state index in [0.717, 1.165) is 36.5 Å². The second-order valence-corrected chi connectivity index (χ2v) is 5.91. The fraction of sp³-hybridized carbons (Fsp3) is 0.500. The Bertz CT molecular complexity index is 670. The van der Waals surface area contributed by atoms with Crippen LogP contribution in [-0.2, 0) is 16.0 Å². The van der Waals surface area contributed by atoms with E-state index in [1.165, 1.54) is 5.39 Å². The van der Waals surface area contributed by atoms with Crippen LogP contribution in [0, 0.1) is 0 Å². The third-order valence-corrected chi connectivity index (χ3v) is 3.96. The molecule has 2 N–H and O–H groups in total. The second-order valence-electron chi connectivity index (χ2n) is 5.91. The van der Waals surface area contributed by atoms with Crippen molar-refractivity contribution in [3.63, 3.8) is 0 Å². The van der Waals surface area contributed by atoms with Crippen molar-refractivity contribution in [1.29, 1.82) is 0 Å². The van der Waals surface area contributed by atoms with Crippen LogP contribution in [-0.4, -0.2) is 51.0 Å². The summed E-state index contributed by atoms with van der Waals surface area (Å²) in [5.74, 6) is 0.738. The van der Waals surface area contributed by atoms with Gasteiger partial charge in [0.1, 0.15) is 0 Å². The van der Waals surface area contributed by atoms with Gasteiger partial charge in [-0.1, -0.05) is 37.6 Å². The molecule has 2 aromatic rings. The molecular weight excluding hydrogens is 328 g/mol. The van der Waals surface area contributed by atoms with Gasteiger partial charge in [0.2, 0.25) is 0 Å². The molecule has 0 aliphatic heterocycles. The second kappa shape index (κ2) is 12.2. The molecular formula is C20H30N4O2. The van der Waals surface area contributed by atoms with Gasteiger partial charge < -0.3 is 20.1 Å². The molecule has 6 heteroatoms. The molecule has 0 amide bonds. The number of aromatic nitrogens is 1. The first-order valence-corrected chi connectivity index (χ1v) is 9.27. The summed E-state index contributed by atoms with van der Waals surface area (Å²) in [5, 5.41) is 8.89. The topological polar surface area (TPSA) is 67.8 Å². The van der Waals surface area contributed by atoms with Crippen molar-refractivity contribution in [3.05, 3.63) is 42.2 Å².